The lowest BCUT2D eigenvalue weighted by atomic mass is 9.91. The molecule has 3 atom stereocenters. The number of aryl methyl sites for hydroxylation is 5. The van der Waals surface area contributed by atoms with E-state index >= 15 is 0 Å². The second kappa shape index (κ2) is 48.8. The zero-order valence-electron chi connectivity index (χ0n) is 57.4. The molecular formula is C65H83Cl3N9O23P. The van der Waals surface area contributed by atoms with E-state index in [2.05, 4.69) is 70.8 Å². The van der Waals surface area contributed by atoms with E-state index < -0.39 is 62.6 Å². The number of aldehydes is 2. The fourth-order valence-corrected chi connectivity index (χ4v) is 10.2. The maximum Gasteiger partial charge on any atom is 0.341 e. The molecule has 0 saturated carbocycles. The monoisotopic (exact) mass is 1490 g/mol. The van der Waals surface area contributed by atoms with Crippen LogP contribution in [0.2, 0.25) is 0 Å². The highest BCUT2D eigenvalue weighted by Gasteiger charge is 2.28. The number of ether oxygens (including phenoxy) is 3. The van der Waals surface area contributed by atoms with E-state index in [0.29, 0.717) is 65.3 Å². The number of methoxy groups -OCH3 is 3. The van der Waals surface area contributed by atoms with Gasteiger partial charge >= 0.3 is 25.5 Å². The fraction of sp³-hybridized carbons (Fsp3) is 0.400. The summed E-state index contributed by atoms with van der Waals surface area (Å²) in [5.41, 5.74) is 15.9. The molecule has 3 unspecified atom stereocenters. The molecule has 2 saturated heterocycles. The van der Waals surface area contributed by atoms with Crippen molar-refractivity contribution in [2.24, 2.45) is 0 Å². The van der Waals surface area contributed by atoms with Gasteiger partial charge in [0, 0.05) is 146 Å². The molecule has 7 rings (SSSR count). The molecule has 2 aliphatic rings. The van der Waals surface area contributed by atoms with E-state index in [1.54, 1.807) is 32.9 Å². The van der Waals surface area contributed by atoms with Gasteiger partial charge in [-0.15, -0.1) is 34.8 Å². The first-order valence-corrected chi connectivity index (χ1v) is 33.3. The number of hydrogen-bond donors (Lipinski definition) is 3. The number of alkyl halides is 3. The maximum absolute atomic E-state index is 11.4. The zero-order valence-corrected chi connectivity index (χ0v) is 60.6. The number of hydrogen-bond acceptors (Lipinski definition) is 25. The summed E-state index contributed by atoms with van der Waals surface area (Å²) in [4.78, 5) is 125. The van der Waals surface area contributed by atoms with Gasteiger partial charge in [0.05, 0.1) is 54.3 Å². The van der Waals surface area contributed by atoms with Gasteiger partial charge in [0.25, 0.3) is 17.1 Å². The minimum atomic E-state index is -3.23. The maximum atomic E-state index is 11.4. The molecule has 552 valence electrons. The fourth-order valence-electron chi connectivity index (χ4n) is 8.95. The van der Waals surface area contributed by atoms with Crippen molar-refractivity contribution in [1.82, 2.24) is 10.6 Å². The molecule has 32 nitrogen and oxygen atoms in total. The van der Waals surface area contributed by atoms with Crippen LogP contribution in [-0.2, 0) is 56.6 Å². The Balaban J connectivity index is 0.00000117. The largest absolute Gasteiger partial charge is 0.469 e. The number of carbonyl (C=O) groups excluding carboxylic acids is 7. The van der Waals surface area contributed by atoms with Gasteiger partial charge in [-0.1, -0.05) is 30.3 Å². The molecule has 0 spiro atoms. The summed E-state index contributed by atoms with van der Waals surface area (Å²) in [5.74, 6) is -0.354. The number of esters is 3. The predicted molar refractivity (Wildman–Crippen MR) is 381 cm³/mol. The zero-order chi connectivity index (χ0) is 77.1. The third-order valence-corrected chi connectivity index (χ3v) is 16.5. The third-order valence-electron chi connectivity index (χ3n) is 14.2. The number of nitrogen functional groups attached to an aromatic ring is 1. The van der Waals surface area contributed by atoms with Crippen LogP contribution in [0, 0.1) is 85.2 Å². The summed E-state index contributed by atoms with van der Waals surface area (Å²) in [6, 6.07) is 25.0. The predicted octanol–water partition coefficient (Wildman–Crippen LogP) is 10.7. The SMILES string of the molecule is COC(=O)/C=C/c1cc([N+](=O)[O-])ccc1C.COC(=O)CC(C[N+](=O)[O-])c1cc([N+](=O)[O-])ccc1C.COC(=O)CP(=O)(OC)OC.C[N+](=O)[O-].Cc1ccc(N(CCCl)CCCl)cc1C1CNC(=O)C1.Cc1ccc(N)cc1C1CNC(=O)C1.Cc1ccc([N+](=O)[O-])cc1C=O.O=CCCl. The average molecular weight is 1500 g/mol. The van der Waals surface area contributed by atoms with Crippen LogP contribution in [0.3, 0.4) is 0 Å². The van der Waals surface area contributed by atoms with Crippen LogP contribution in [0.1, 0.15) is 97.4 Å². The first kappa shape index (κ1) is 91.1. The van der Waals surface area contributed by atoms with Crippen molar-refractivity contribution in [3.05, 3.63) is 203 Å². The van der Waals surface area contributed by atoms with Crippen LogP contribution >= 0.6 is 42.4 Å². The lowest BCUT2D eigenvalue weighted by Crippen LogP contribution is -2.27. The van der Waals surface area contributed by atoms with Crippen molar-refractivity contribution in [2.45, 2.75) is 71.6 Å². The molecule has 0 radical (unpaired) electrons. The Morgan fingerprint density at radius 3 is 1.45 bits per heavy atom. The van der Waals surface area contributed by atoms with Gasteiger partial charge < -0.3 is 49.3 Å². The molecule has 2 amide bonds. The Hall–Kier alpha value is -9.85. The van der Waals surface area contributed by atoms with E-state index in [9.17, 15) is 73.8 Å². The number of nitrogens with two attached hydrogens (primary N) is 1. The van der Waals surface area contributed by atoms with E-state index in [-0.39, 0.29) is 53.3 Å². The van der Waals surface area contributed by atoms with Gasteiger partial charge in [0.1, 0.15) is 12.4 Å². The first-order chi connectivity index (χ1) is 47.6. The second-order valence-corrected chi connectivity index (χ2v) is 24.6. The topological polar surface area (TPSA) is 452 Å². The Labute approximate surface area is 597 Å². The van der Waals surface area contributed by atoms with Gasteiger partial charge in [-0.3, -0.25) is 79.1 Å². The molecule has 0 bridgehead atoms. The highest BCUT2D eigenvalue weighted by atomic mass is 35.5. The summed E-state index contributed by atoms with van der Waals surface area (Å²) in [6.45, 7) is 11.9. The average Bonchev–Trinajstić information content (AvgIpc) is 1.82. The Morgan fingerprint density at radius 1 is 0.624 bits per heavy atom. The van der Waals surface area contributed by atoms with Gasteiger partial charge in [0.2, 0.25) is 18.4 Å². The van der Waals surface area contributed by atoms with Gasteiger partial charge in [0.15, 0.2) is 13.3 Å². The number of nitrogens with zero attached hydrogens (tertiary/aromatic N) is 6. The molecular weight excluding hydrogens is 1410 g/mol. The summed E-state index contributed by atoms with van der Waals surface area (Å²) in [6.07, 6.45) is 4.60. The van der Waals surface area contributed by atoms with E-state index in [1.165, 1.54) is 112 Å². The highest BCUT2D eigenvalue weighted by Crippen LogP contribution is 2.46. The Morgan fingerprint density at radius 2 is 1.05 bits per heavy atom. The quantitative estimate of drug-likeness (QED) is 0.00629. The summed E-state index contributed by atoms with van der Waals surface area (Å²) in [5, 5.41) is 56.8. The van der Waals surface area contributed by atoms with E-state index in [4.69, 9.17) is 55.4 Å². The minimum absolute atomic E-state index is 0.00452. The van der Waals surface area contributed by atoms with Crippen molar-refractivity contribution < 1.29 is 86.0 Å². The summed E-state index contributed by atoms with van der Waals surface area (Å²) >= 11 is 16.5. The van der Waals surface area contributed by atoms with Crippen LogP contribution in [0.4, 0.5) is 28.4 Å². The molecule has 2 heterocycles. The molecule has 36 heteroatoms. The number of benzene rings is 5. The smallest absolute Gasteiger partial charge is 0.341 e. The van der Waals surface area contributed by atoms with Gasteiger partial charge in [-0.05, 0) is 115 Å². The molecule has 4 N–H and O–H groups in total. The molecule has 0 aromatic heterocycles. The third kappa shape index (κ3) is 35.7. The molecule has 101 heavy (non-hydrogen) atoms. The molecule has 2 fully saturated rings. The van der Waals surface area contributed by atoms with Crippen molar-refractivity contribution in [1.29, 1.82) is 0 Å². The van der Waals surface area contributed by atoms with Crippen molar-refractivity contribution in [3.8, 4) is 0 Å². The van der Waals surface area contributed by atoms with Gasteiger partial charge in [-0.25, -0.2) is 4.79 Å². The second-order valence-electron chi connectivity index (χ2n) is 21.3. The van der Waals surface area contributed by atoms with Crippen molar-refractivity contribution in [2.75, 3.05) is 110 Å². The number of rotatable bonds is 23. The summed E-state index contributed by atoms with van der Waals surface area (Å²) in [7, 11) is 3.76. The molecule has 5 aromatic carbocycles. The standard InChI is InChI=1S/C15H20Cl2N2O.C12H14N2O6.C11H14N2O.C11H11NO4.C8H7NO3.C5H11O5P.C2H3ClO.CH3NO2/c1-11-2-3-13(19(6-4-16)7-5-17)9-14(11)12-8-15(20)18-10-12;1-8-3-4-10(14(18)19)6-11(8)9(7-13(16)17)5-12(15)20-2;1-7-2-3-9(12)5-10(7)8-4-11(14)13-6-8;1-8-3-5-10(12(14)15)7-9(8)4-6-11(13)16-2;1-6-2-3-8(9(11)12)4-7(6)5-10;1-8-5(6)4-11(7,9-2)10-3;3-1-2-4;1-2(3)4/h2-3,9,12H,4-8,10H2,1H3,(H,18,20);3-4,6,9H,5,7H2,1-2H3;2-3,5,8H,4,6,12H2,1H3,(H,13,14);3-7H,1-2H3;2-5H,1H3;4H2,1-3H3;2H,1H2;1H3/b;;;6-4+;;;;. The van der Waals surface area contributed by atoms with Crippen LogP contribution in [-0.4, -0.2) is 166 Å². The lowest BCUT2D eigenvalue weighted by molar-refractivity contribution is -0.483. The number of anilines is 2. The van der Waals surface area contributed by atoms with Crippen molar-refractivity contribution in [3.63, 3.8) is 0 Å². The van der Waals surface area contributed by atoms with Gasteiger partial charge in [-0.2, -0.15) is 0 Å². The van der Waals surface area contributed by atoms with E-state index in [1.807, 2.05) is 18.2 Å². The van der Waals surface area contributed by atoms with Crippen LogP contribution in [0.15, 0.2) is 97.1 Å². The molecule has 0 aliphatic carbocycles. The molecule has 2 aliphatic heterocycles. The number of nitrogens with one attached hydrogen (secondary N) is 2. The van der Waals surface area contributed by atoms with Crippen LogP contribution < -0.4 is 21.3 Å². The van der Waals surface area contributed by atoms with Crippen LogP contribution in [0.25, 0.3) is 6.08 Å². The number of non-ortho nitro benzene ring substituents is 3. The van der Waals surface area contributed by atoms with E-state index in [0.717, 1.165) is 55.7 Å². The minimum Gasteiger partial charge on any atom is -0.469 e. The number of amides is 2. The first-order valence-electron chi connectivity index (χ1n) is 30.0. The summed E-state index contributed by atoms with van der Waals surface area (Å²) < 4.78 is 33.4. The lowest BCUT2D eigenvalue weighted by Gasteiger charge is -2.25. The van der Waals surface area contributed by atoms with Crippen LogP contribution in [0.5, 0.6) is 0 Å². The Bertz CT molecular complexity index is 3700. The molecule has 5 aromatic rings. The number of halogens is 3. The Kier molecular flexibility index (Phi) is 44.1. The van der Waals surface area contributed by atoms with Crippen molar-refractivity contribution >= 4 is 119 Å². The number of nitro groups is 5. The highest BCUT2D eigenvalue weighted by molar-refractivity contribution is 7.54. The normalized spacial score (nSPS) is 13.3. The number of nitro benzene ring substituents is 3. The number of carbonyl (C=O) groups is 7.